The van der Waals surface area contributed by atoms with Gasteiger partial charge in [0.05, 0.1) is 13.7 Å². The molecule has 0 radical (unpaired) electrons. The lowest BCUT2D eigenvalue weighted by Crippen LogP contribution is -2.10. The highest BCUT2D eigenvalue weighted by Crippen LogP contribution is 2.10. The van der Waals surface area contributed by atoms with Crippen LogP contribution in [0.4, 0.5) is 0 Å². The van der Waals surface area contributed by atoms with Crippen LogP contribution in [-0.2, 0) is 6.54 Å². The van der Waals surface area contributed by atoms with Crippen molar-refractivity contribution in [1.82, 2.24) is 10.2 Å². The first-order chi connectivity index (χ1) is 5.22. The maximum absolute atomic E-state index is 8.79. The van der Waals surface area contributed by atoms with E-state index in [1.807, 2.05) is 0 Å². The molecule has 1 heterocycles. The fourth-order valence-corrected chi connectivity index (χ4v) is 0.690. The Labute approximate surface area is 64.1 Å². The summed E-state index contributed by atoms with van der Waals surface area (Å²) in [6, 6.07) is 1.62. The van der Waals surface area contributed by atoms with E-state index in [-0.39, 0.29) is 0 Å². The maximum Gasteiger partial charge on any atom is 0.254 e. The van der Waals surface area contributed by atoms with Gasteiger partial charge in [-0.1, -0.05) is 0 Å². The van der Waals surface area contributed by atoms with Gasteiger partial charge in [0.25, 0.3) is 5.88 Å². The van der Waals surface area contributed by atoms with Crippen LogP contribution in [0.3, 0.4) is 0 Å². The average molecular weight is 158 g/mol. The third-order valence-electron chi connectivity index (χ3n) is 1.13. The van der Waals surface area contributed by atoms with Crippen molar-refractivity contribution in [2.24, 2.45) is 0 Å². The van der Waals surface area contributed by atoms with E-state index in [9.17, 15) is 0 Å². The Bertz CT molecular complexity index is 221. The Morgan fingerprint density at radius 3 is 3.00 bits per heavy atom. The van der Waals surface area contributed by atoms with Crippen molar-refractivity contribution in [1.29, 1.82) is 0 Å². The molecule has 0 aliphatic rings. The van der Waals surface area contributed by atoms with Gasteiger partial charge in [-0.3, -0.25) is 0 Å². The number of rotatable bonds is 3. The van der Waals surface area contributed by atoms with Crippen LogP contribution in [0.2, 0.25) is 0 Å². The van der Waals surface area contributed by atoms with E-state index in [2.05, 4.69) is 5.16 Å². The van der Waals surface area contributed by atoms with E-state index >= 15 is 0 Å². The molecule has 5 nitrogen and oxygen atoms in total. The van der Waals surface area contributed by atoms with E-state index in [0.717, 1.165) is 5.06 Å². The van der Waals surface area contributed by atoms with Gasteiger partial charge >= 0.3 is 0 Å². The predicted molar refractivity (Wildman–Crippen MR) is 36.3 cm³/mol. The summed E-state index contributed by atoms with van der Waals surface area (Å²) in [6.45, 7) is 0.302. The first-order valence-corrected chi connectivity index (χ1v) is 3.12. The van der Waals surface area contributed by atoms with Crippen LogP contribution in [0, 0.1) is 0 Å². The Kier molecular flexibility index (Phi) is 2.45. The average Bonchev–Trinajstić information content (AvgIpc) is 2.34. The molecule has 1 N–H and O–H groups in total. The Morgan fingerprint density at radius 2 is 2.55 bits per heavy atom. The molecule has 5 heteroatoms. The topological polar surface area (TPSA) is 58.7 Å². The summed E-state index contributed by atoms with van der Waals surface area (Å²) < 4.78 is 9.56. The van der Waals surface area contributed by atoms with Crippen molar-refractivity contribution < 1.29 is 14.5 Å². The van der Waals surface area contributed by atoms with E-state index in [1.165, 1.54) is 14.2 Å². The first kappa shape index (κ1) is 8.03. The van der Waals surface area contributed by atoms with Crippen molar-refractivity contribution in [2.75, 3.05) is 14.2 Å². The van der Waals surface area contributed by atoms with Gasteiger partial charge in [-0.05, 0) is 5.16 Å². The highest BCUT2D eigenvalue weighted by atomic mass is 16.5. The van der Waals surface area contributed by atoms with Crippen molar-refractivity contribution >= 4 is 0 Å². The molecule has 62 valence electrons. The molecule has 0 saturated carbocycles. The van der Waals surface area contributed by atoms with Gasteiger partial charge in [0, 0.05) is 13.1 Å². The monoisotopic (exact) mass is 158 g/mol. The largest absolute Gasteiger partial charge is 0.479 e. The smallest absolute Gasteiger partial charge is 0.254 e. The van der Waals surface area contributed by atoms with Gasteiger partial charge < -0.3 is 14.5 Å². The zero-order valence-electron chi connectivity index (χ0n) is 6.44. The third-order valence-corrected chi connectivity index (χ3v) is 1.13. The molecule has 0 bridgehead atoms. The first-order valence-electron chi connectivity index (χ1n) is 3.12. The minimum absolute atomic E-state index is 0.302. The number of methoxy groups -OCH3 is 1. The Morgan fingerprint density at radius 1 is 1.82 bits per heavy atom. The quantitative estimate of drug-likeness (QED) is 0.649. The third kappa shape index (κ3) is 2.21. The fourth-order valence-electron chi connectivity index (χ4n) is 0.690. The summed E-state index contributed by atoms with van der Waals surface area (Å²) in [5.41, 5.74) is 0. The van der Waals surface area contributed by atoms with Gasteiger partial charge in [-0.25, -0.2) is 0 Å². The molecule has 0 fully saturated rings. The van der Waals surface area contributed by atoms with E-state index in [4.69, 9.17) is 14.5 Å². The zero-order chi connectivity index (χ0) is 8.27. The standard InChI is InChI=1S/C6H10N2O3/c1-8(9)4-5-3-6(10-2)7-11-5/h3,9H,4H2,1-2H3. The Balaban J connectivity index is 2.58. The number of hydroxylamine groups is 2. The maximum atomic E-state index is 8.79. The number of aromatic nitrogens is 1. The second-order valence-electron chi connectivity index (χ2n) is 2.15. The predicted octanol–water partition coefficient (Wildman–Crippen LogP) is 0.504. The molecule has 0 spiro atoms. The van der Waals surface area contributed by atoms with Crippen LogP contribution >= 0.6 is 0 Å². The highest BCUT2D eigenvalue weighted by Gasteiger charge is 2.04. The van der Waals surface area contributed by atoms with Crippen molar-refractivity contribution in [3.63, 3.8) is 0 Å². The molecule has 0 saturated heterocycles. The molecular formula is C6H10N2O3. The number of hydrogen-bond donors (Lipinski definition) is 1. The fraction of sp³-hybridized carbons (Fsp3) is 0.500. The second kappa shape index (κ2) is 3.36. The molecule has 0 aliphatic heterocycles. The molecule has 0 aromatic carbocycles. The zero-order valence-corrected chi connectivity index (χ0v) is 6.44. The number of hydrogen-bond acceptors (Lipinski definition) is 5. The minimum Gasteiger partial charge on any atom is -0.479 e. The summed E-state index contributed by atoms with van der Waals surface area (Å²) in [6.07, 6.45) is 0. The molecule has 0 aliphatic carbocycles. The second-order valence-corrected chi connectivity index (χ2v) is 2.15. The lowest BCUT2D eigenvalue weighted by molar-refractivity contribution is -0.0783. The van der Waals surface area contributed by atoms with E-state index < -0.39 is 0 Å². The number of ether oxygens (including phenoxy) is 1. The van der Waals surface area contributed by atoms with Crippen molar-refractivity contribution in [2.45, 2.75) is 6.54 Å². The summed E-state index contributed by atoms with van der Waals surface area (Å²) in [5, 5.41) is 13.3. The molecule has 0 atom stereocenters. The lowest BCUT2D eigenvalue weighted by Gasteiger charge is -2.01. The molecule has 0 amide bonds. The summed E-state index contributed by atoms with van der Waals surface area (Å²) in [4.78, 5) is 0. The molecule has 1 aromatic rings. The summed E-state index contributed by atoms with van der Waals surface area (Å²) in [7, 11) is 3.03. The lowest BCUT2D eigenvalue weighted by atomic mass is 10.4. The van der Waals surface area contributed by atoms with Crippen molar-refractivity contribution in [3.05, 3.63) is 11.8 Å². The van der Waals surface area contributed by atoms with Crippen LogP contribution in [-0.4, -0.2) is 29.6 Å². The van der Waals surface area contributed by atoms with Gasteiger partial charge in [-0.15, -0.1) is 0 Å². The highest BCUT2D eigenvalue weighted by molar-refractivity contribution is 5.10. The van der Waals surface area contributed by atoms with Crippen LogP contribution in [0.15, 0.2) is 10.6 Å². The van der Waals surface area contributed by atoms with Gasteiger partial charge in [0.2, 0.25) is 0 Å². The van der Waals surface area contributed by atoms with Crippen molar-refractivity contribution in [3.8, 4) is 5.88 Å². The van der Waals surface area contributed by atoms with Crippen LogP contribution in [0.1, 0.15) is 5.76 Å². The molecular weight excluding hydrogens is 148 g/mol. The SMILES string of the molecule is COc1cc(CN(C)O)on1. The van der Waals surface area contributed by atoms with Gasteiger partial charge in [-0.2, -0.15) is 5.06 Å². The minimum atomic E-state index is 0.302. The summed E-state index contributed by atoms with van der Waals surface area (Å²) in [5.74, 6) is 0.980. The Hall–Kier alpha value is -1.07. The van der Waals surface area contributed by atoms with E-state index in [0.29, 0.717) is 18.2 Å². The molecule has 1 aromatic heterocycles. The van der Waals surface area contributed by atoms with Gasteiger partial charge in [0.1, 0.15) is 0 Å². The van der Waals surface area contributed by atoms with Crippen LogP contribution < -0.4 is 4.74 Å². The molecule has 0 unspecified atom stereocenters. The molecule has 11 heavy (non-hydrogen) atoms. The summed E-state index contributed by atoms with van der Waals surface area (Å²) >= 11 is 0. The molecule has 1 rings (SSSR count). The van der Waals surface area contributed by atoms with Crippen LogP contribution in [0.5, 0.6) is 5.88 Å². The number of nitrogens with zero attached hydrogens (tertiary/aromatic N) is 2. The normalized spacial score (nSPS) is 10.5. The van der Waals surface area contributed by atoms with Crippen LogP contribution in [0.25, 0.3) is 0 Å². The van der Waals surface area contributed by atoms with Gasteiger partial charge in [0.15, 0.2) is 5.76 Å². The van der Waals surface area contributed by atoms with E-state index in [1.54, 1.807) is 6.07 Å².